The maximum absolute atomic E-state index is 13.7. The van der Waals surface area contributed by atoms with Crippen molar-refractivity contribution >= 4 is 16.1 Å². The zero-order valence-corrected chi connectivity index (χ0v) is 24.6. The van der Waals surface area contributed by atoms with Crippen molar-refractivity contribution in [2.24, 2.45) is 5.41 Å². The van der Waals surface area contributed by atoms with Crippen molar-refractivity contribution in [2.75, 3.05) is 13.1 Å². The van der Waals surface area contributed by atoms with Crippen LogP contribution in [0.1, 0.15) is 43.5 Å². The molecule has 2 aromatic carbocycles. The molecule has 0 unspecified atom stereocenters. The Bertz CT molecular complexity index is 1670. The largest absolute Gasteiger partial charge is 0.271 e. The Hall–Kier alpha value is -3.82. The average molecular weight is 574 g/mol. The molecule has 1 aliphatic heterocycles. The molecule has 9 heteroatoms. The number of allylic oxidation sites excluding steroid dienone is 1. The van der Waals surface area contributed by atoms with Crippen LogP contribution in [0, 0.1) is 18.2 Å². The number of halogens is 1. The van der Waals surface area contributed by atoms with E-state index in [0.717, 1.165) is 40.1 Å². The standard InChI is InChI=1S/C32H36FN5O2S/c1-5-16-36-22-30(21-34-36)41(39,40)37-17-15-32(23-37,19-27-9-7-6-8-10-27)26(4)24(2)18-31-25(3)20-35-38(31)29-13-11-28(33)12-14-29/h6-14,18,20-22H,4-5,15-17,19,23H2,1-3H3/b24-18-/t32-/m0/s1. The van der Waals surface area contributed by atoms with Gasteiger partial charge in [0.05, 0.1) is 23.8 Å². The molecule has 1 fully saturated rings. The van der Waals surface area contributed by atoms with Gasteiger partial charge >= 0.3 is 0 Å². The third kappa shape index (κ3) is 5.83. The van der Waals surface area contributed by atoms with Gasteiger partial charge in [0.15, 0.2) is 0 Å². The van der Waals surface area contributed by atoms with Gasteiger partial charge in [-0.2, -0.15) is 14.5 Å². The zero-order chi connectivity index (χ0) is 29.2. The van der Waals surface area contributed by atoms with Gasteiger partial charge in [0, 0.05) is 31.2 Å². The van der Waals surface area contributed by atoms with Gasteiger partial charge in [-0.3, -0.25) is 4.68 Å². The van der Waals surface area contributed by atoms with Crippen LogP contribution in [0.5, 0.6) is 0 Å². The fourth-order valence-corrected chi connectivity index (χ4v) is 7.10. The highest BCUT2D eigenvalue weighted by molar-refractivity contribution is 7.89. The molecule has 3 heterocycles. The van der Waals surface area contributed by atoms with Crippen LogP contribution in [0.2, 0.25) is 0 Å². The van der Waals surface area contributed by atoms with E-state index in [1.54, 1.807) is 38.2 Å². The molecule has 0 spiro atoms. The molecule has 0 radical (unpaired) electrons. The van der Waals surface area contributed by atoms with Gasteiger partial charge in [-0.25, -0.2) is 17.5 Å². The molecule has 0 aliphatic carbocycles. The molecule has 0 bridgehead atoms. The van der Waals surface area contributed by atoms with E-state index >= 15 is 0 Å². The smallest absolute Gasteiger partial charge is 0.246 e. The quantitative estimate of drug-likeness (QED) is 0.212. The van der Waals surface area contributed by atoms with Gasteiger partial charge in [0.25, 0.3) is 0 Å². The molecule has 5 rings (SSSR count). The van der Waals surface area contributed by atoms with E-state index in [4.69, 9.17) is 0 Å². The predicted molar refractivity (Wildman–Crippen MR) is 160 cm³/mol. The predicted octanol–water partition coefficient (Wildman–Crippen LogP) is 6.21. The maximum atomic E-state index is 13.7. The highest BCUT2D eigenvalue weighted by atomic mass is 32.2. The van der Waals surface area contributed by atoms with E-state index in [9.17, 15) is 12.8 Å². The Morgan fingerprint density at radius 1 is 1.10 bits per heavy atom. The number of hydrogen-bond acceptors (Lipinski definition) is 4. The summed E-state index contributed by atoms with van der Waals surface area (Å²) in [5.41, 5.74) is 5.07. The number of aryl methyl sites for hydroxylation is 2. The molecule has 214 valence electrons. The zero-order valence-electron chi connectivity index (χ0n) is 23.8. The van der Waals surface area contributed by atoms with Gasteiger partial charge in [0.2, 0.25) is 10.0 Å². The lowest BCUT2D eigenvalue weighted by molar-refractivity contribution is 0.367. The van der Waals surface area contributed by atoms with Crippen molar-refractivity contribution in [1.82, 2.24) is 23.9 Å². The minimum atomic E-state index is -3.72. The van der Waals surface area contributed by atoms with E-state index in [-0.39, 0.29) is 10.7 Å². The first-order valence-electron chi connectivity index (χ1n) is 13.9. The van der Waals surface area contributed by atoms with Gasteiger partial charge in [0.1, 0.15) is 10.7 Å². The summed E-state index contributed by atoms with van der Waals surface area (Å²) in [6, 6.07) is 16.4. The summed E-state index contributed by atoms with van der Waals surface area (Å²) in [4.78, 5) is 0.221. The summed E-state index contributed by atoms with van der Waals surface area (Å²) < 4.78 is 46.0. The van der Waals surface area contributed by atoms with Crippen molar-refractivity contribution in [3.8, 4) is 5.69 Å². The number of rotatable bonds is 10. The highest BCUT2D eigenvalue weighted by Gasteiger charge is 2.45. The molecular weight excluding hydrogens is 537 g/mol. The first-order chi connectivity index (χ1) is 19.6. The molecule has 0 amide bonds. The normalized spacial score (nSPS) is 18.2. The SMILES string of the molecule is C=C(/C(C)=C\c1c(C)cnn1-c1ccc(F)cc1)[C@]1(Cc2ccccc2)CCN(S(=O)(=O)c2cnn(CCC)c2)C1. The van der Waals surface area contributed by atoms with E-state index in [1.807, 2.05) is 45.0 Å². The van der Waals surface area contributed by atoms with E-state index in [1.165, 1.54) is 18.3 Å². The Morgan fingerprint density at radius 2 is 1.83 bits per heavy atom. The second kappa shape index (κ2) is 11.6. The Kier molecular flexibility index (Phi) is 8.11. The lowest BCUT2D eigenvalue weighted by Gasteiger charge is -2.33. The highest BCUT2D eigenvalue weighted by Crippen LogP contribution is 2.45. The van der Waals surface area contributed by atoms with Crippen LogP contribution in [0.25, 0.3) is 11.8 Å². The van der Waals surface area contributed by atoms with Gasteiger partial charge in [-0.1, -0.05) is 43.8 Å². The second-order valence-electron chi connectivity index (χ2n) is 10.9. The molecule has 1 aliphatic rings. The van der Waals surface area contributed by atoms with Crippen molar-refractivity contribution < 1.29 is 12.8 Å². The summed E-state index contributed by atoms with van der Waals surface area (Å²) in [6.07, 6.45) is 9.08. The van der Waals surface area contributed by atoms with E-state index < -0.39 is 15.4 Å². The monoisotopic (exact) mass is 573 g/mol. The third-order valence-electron chi connectivity index (χ3n) is 7.94. The average Bonchev–Trinajstić information content (AvgIpc) is 3.70. The summed E-state index contributed by atoms with van der Waals surface area (Å²) in [6.45, 7) is 12.0. The summed E-state index contributed by atoms with van der Waals surface area (Å²) >= 11 is 0. The molecule has 4 aromatic rings. The second-order valence-corrected chi connectivity index (χ2v) is 12.8. The Morgan fingerprint density at radius 3 is 2.54 bits per heavy atom. The van der Waals surface area contributed by atoms with Crippen molar-refractivity contribution in [3.05, 3.63) is 114 Å². The first kappa shape index (κ1) is 28.7. The lowest BCUT2D eigenvalue weighted by atomic mass is 9.72. The fourth-order valence-electron chi connectivity index (χ4n) is 5.61. The van der Waals surface area contributed by atoms with Crippen LogP contribution in [-0.2, 0) is 23.0 Å². The molecular formula is C32H36FN5O2S. The van der Waals surface area contributed by atoms with Crippen LogP contribution in [-0.4, -0.2) is 45.4 Å². The van der Waals surface area contributed by atoms with E-state index in [0.29, 0.717) is 32.5 Å². The van der Waals surface area contributed by atoms with Crippen LogP contribution in [0.3, 0.4) is 0 Å². The minimum absolute atomic E-state index is 0.221. The van der Waals surface area contributed by atoms with Crippen LogP contribution < -0.4 is 0 Å². The van der Waals surface area contributed by atoms with Crippen LogP contribution >= 0.6 is 0 Å². The number of aromatic nitrogens is 4. The topological polar surface area (TPSA) is 73.0 Å². The fraction of sp³-hybridized carbons (Fsp3) is 0.312. The molecule has 7 nitrogen and oxygen atoms in total. The van der Waals surface area contributed by atoms with Gasteiger partial charge in [-0.15, -0.1) is 0 Å². The lowest BCUT2D eigenvalue weighted by Crippen LogP contribution is -2.34. The Balaban J connectivity index is 1.49. The first-order valence-corrected chi connectivity index (χ1v) is 15.3. The number of sulfonamides is 1. The molecule has 2 aromatic heterocycles. The summed E-state index contributed by atoms with van der Waals surface area (Å²) in [5.74, 6) is -0.305. The number of nitrogens with zero attached hydrogens (tertiary/aromatic N) is 5. The van der Waals surface area contributed by atoms with Crippen molar-refractivity contribution in [3.63, 3.8) is 0 Å². The van der Waals surface area contributed by atoms with Crippen molar-refractivity contribution in [1.29, 1.82) is 0 Å². The van der Waals surface area contributed by atoms with Gasteiger partial charge < -0.3 is 0 Å². The molecule has 41 heavy (non-hydrogen) atoms. The molecule has 1 atom stereocenters. The van der Waals surface area contributed by atoms with Crippen LogP contribution in [0.4, 0.5) is 4.39 Å². The minimum Gasteiger partial charge on any atom is -0.271 e. The van der Waals surface area contributed by atoms with Crippen molar-refractivity contribution in [2.45, 2.75) is 51.5 Å². The van der Waals surface area contributed by atoms with Crippen LogP contribution in [0.15, 0.2) is 95.8 Å². The Labute approximate surface area is 241 Å². The number of benzene rings is 2. The maximum Gasteiger partial charge on any atom is 0.246 e. The number of hydrogen-bond donors (Lipinski definition) is 0. The molecule has 0 N–H and O–H groups in total. The summed E-state index contributed by atoms with van der Waals surface area (Å²) in [5, 5.41) is 8.78. The third-order valence-corrected chi connectivity index (χ3v) is 9.74. The summed E-state index contributed by atoms with van der Waals surface area (Å²) in [7, 11) is -3.72. The molecule has 0 saturated carbocycles. The van der Waals surface area contributed by atoms with E-state index in [2.05, 4.69) is 28.9 Å². The molecule has 1 saturated heterocycles. The van der Waals surface area contributed by atoms with Gasteiger partial charge in [-0.05, 0) is 85.7 Å².